The number of aliphatic hydroxyl groups is 2. The van der Waals surface area contributed by atoms with Gasteiger partial charge in [0.2, 0.25) is 0 Å². The van der Waals surface area contributed by atoms with Gasteiger partial charge in [0, 0.05) is 35.8 Å². The van der Waals surface area contributed by atoms with Crippen molar-refractivity contribution in [3.8, 4) is 17.2 Å². The Labute approximate surface area is 318 Å². The fourth-order valence-electron chi connectivity index (χ4n) is 6.72. The second-order valence-corrected chi connectivity index (χ2v) is 14.5. The average molecular weight is 746 g/mol. The molecule has 0 aliphatic carbocycles. The molecule has 1 fully saturated rings. The van der Waals surface area contributed by atoms with E-state index in [9.17, 15) is 15.0 Å². The SMILES string of the molecule is COc1ccccc1COCCCOc1ccc([C@H]2[C@H](COC[C@H](O)CO)CN(C(=O)OC(C)(C)C)C[C@@H]2OCc2cc(OC)c3ccccc3c2)cc1. The van der Waals surface area contributed by atoms with Crippen LogP contribution in [0.25, 0.3) is 10.8 Å². The minimum atomic E-state index is -1.01. The summed E-state index contributed by atoms with van der Waals surface area (Å²) in [6.07, 6.45) is -1.16. The first-order valence-corrected chi connectivity index (χ1v) is 18.5. The van der Waals surface area contributed by atoms with Gasteiger partial charge >= 0.3 is 6.09 Å². The van der Waals surface area contributed by atoms with Gasteiger partial charge in [-0.25, -0.2) is 4.79 Å². The van der Waals surface area contributed by atoms with E-state index in [0.29, 0.717) is 39.3 Å². The number of carbonyl (C=O) groups is 1. The van der Waals surface area contributed by atoms with E-state index in [1.807, 2.05) is 99.6 Å². The maximum absolute atomic E-state index is 13.5. The number of hydrogen-bond donors (Lipinski definition) is 2. The molecule has 1 heterocycles. The number of hydrogen-bond acceptors (Lipinski definition) is 10. The Morgan fingerprint density at radius 2 is 1.61 bits per heavy atom. The van der Waals surface area contributed by atoms with Gasteiger partial charge in [0.15, 0.2) is 0 Å². The van der Waals surface area contributed by atoms with Crippen molar-refractivity contribution in [1.29, 1.82) is 0 Å². The van der Waals surface area contributed by atoms with Gasteiger partial charge in [-0.05, 0) is 67.6 Å². The van der Waals surface area contributed by atoms with Crippen molar-refractivity contribution < 1.29 is 48.2 Å². The standard InChI is InChI=1S/C43H55NO10/c1-43(2,3)54-42(47)44-23-34(28-51-29-35(46)25-45)41(40(24-44)53-26-30-21-32-11-6-8-13-37(32)39(22-30)49-5)31-15-17-36(18-16-31)52-20-10-19-50-27-33-12-7-9-14-38(33)48-4/h6-9,11-18,21-22,34-35,40-41,45-46H,10,19-20,23-29H2,1-5H3/t34-,35+,40-,41-/m0/s1. The van der Waals surface area contributed by atoms with E-state index < -0.39 is 30.5 Å². The van der Waals surface area contributed by atoms with Crippen LogP contribution in [0.5, 0.6) is 17.2 Å². The molecule has 4 atom stereocenters. The minimum Gasteiger partial charge on any atom is -0.496 e. The number of likely N-dealkylation sites (tertiary alicyclic amines) is 1. The Bertz CT molecular complexity index is 1760. The van der Waals surface area contributed by atoms with Crippen LogP contribution in [-0.2, 0) is 32.2 Å². The third-order valence-corrected chi connectivity index (χ3v) is 9.25. The first kappa shape index (κ1) is 40.8. The van der Waals surface area contributed by atoms with Gasteiger partial charge in [0.1, 0.15) is 29.0 Å². The summed E-state index contributed by atoms with van der Waals surface area (Å²) in [4.78, 5) is 15.2. The molecule has 4 aromatic carbocycles. The minimum absolute atomic E-state index is 0.0377. The molecule has 0 unspecified atom stereocenters. The highest BCUT2D eigenvalue weighted by Crippen LogP contribution is 2.38. The summed E-state index contributed by atoms with van der Waals surface area (Å²) < 4.78 is 41.5. The first-order valence-electron chi connectivity index (χ1n) is 18.5. The smallest absolute Gasteiger partial charge is 0.410 e. The number of nitrogens with zero attached hydrogens (tertiary/aromatic N) is 1. The Kier molecular flexibility index (Phi) is 15.0. The lowest BCUT2D eigenvalue weighted by Gasteiger charge is -2.44. The number of amides is 1. The van der Waals surface area contributed by atoms with E-state index in [-0.39, 0.29) is 31.7 Å². The van der Waals surface area contributed by atoms with Crippen LogP contribution in [0.3, 0.4) is 0 Å². The van der Waals surface area contributed by atoms with Gasteiger partial charge < -0.3 is 48.3 Å². The maximum Gasteiger partial charge on any atom is 0.410 e. The fourth-order valence-corrected chi connectivity index (χ4v) is 6.72. The number of para-hydroxylation sites is 1. The number of aliphatic hydroxyl groups excluding tert-OH is 2. The second kappa shape index (κ2) is 19.8. The molecule has 11 nitrogen and oxygen atoms in total. The van der Waals surface area contributed by atoms with E-state index >= 15 is 0 Å². The van der Waals surface area contributed by atoms with Gasteiger partial charge in [-0.3, -0.25) is 0 Å². The summed E-state index contributed by atoms with van der Waals surface area (Å²) in [7, 11) is 3.31. The number of piperidine rings is 1. The van der Waals surface area contributed by atoms with Crippen LogP contribution < -0.4 is 14.2 Å². The summed E-state index contributed by atoms with van der Waals surface area (Å²) >= 11 is 0. The van der Waals surface area contributed by atoms with E-state index in [1.54, 1.807) is 19.1 Å². The molecule has 0 bridgehead atoms. The molecule has 4 aromatic rings. The predicted octanol–water partition coefficient (Wildman–Crippen LogP) is 6.75. The number of carbonyl (C=O) groups excluding carboxylic acids is 1. The lowest BCUT2D eigenvalue weighted by Crippen LogP contribution is -2.53. The van der Waals surface area contributed by atoms with Crippen LogP contribution in [0.15, 0.2) is 84.9 Å². The van der Waals surface area contributed by atoms with E-state index in [2.05, 4.69) is 6.07 Å². The molecule has 292 valence electrons. The molecule has 0 saturated carbocycles. The van der Waals surface area contributed by atoms with Crippen molar-refractivity contribution in [2.75, 3.05) is 60.3 Å². The topological polar surface area (TPSA) is 125 Å². The molecule has 0 spiro atoms. The Morgan fingerprint density at radius 1 is 0.870 bits per heavy atom. The molecule has 0 aromatic heterocycles. The molecular weight excluding hydrogens is 690 g/mol. The molecule has 1 saturated heterocycles. The highest BCUT2D eigenvalue weighted by molar-refractivity contribution is 5.89. The average Bonchev–Trinajstić information content (AvgIpc) is 3.17. The van der Waals surface area contributed by atoms with Crippen molar-refractivity contribution in [2.45, 2.75) is 64.1 Å². The number of rotatable bonds is 18. The molecule has 1 aliphatic rings. The van der Waals surface area contributed by atoms with Crippen molar-refractivity contribution in [3.05, 3.63) is 102 Å². The Hall–Kier alpha value is -4.39. The molecule has 5 rings (SSSR count). The molecule has 1 amide bonds. The molecule has 54 heavy (non-hydrogen) atoms. The highest BCUT2D eigenvalue weighted by atomic mass is 16.6. The molecular formula is C43H55NO10. The summed E-state index contributed by atoms with van der Waals surface area (Å²) in [5, 5.41) is 21.5. The second-order valence-electron chi connectivity index (χ2n) is 14.5. The van der Waals surface area contributed by atoms with E-state index in [4.69, 9.17) is 33.2 Å². The van der Waals surface area contributed by atoms with Crippen LogP contribution >= 0.6 is 0 Å². The zero-order valence-electron chi connectivity index (χ0n) is 32.1. The quantitative estimate of drug-likeness (QED) is 0.106. The lowest BCUT2D eigenvalue weighted by atomic mass is 9.78. The number of ether oxygens (including phenoxy) is 7. The summed E-state index contributed by atoms with van der Waals surface area (Å²) in [5.74, 6) is 1.89. The molecule has 11 heteroatoms. The zero-order chi connectivity index (χ0) is 38.5. The van der Waals surface area contributed by atoms with Crippen molar-refractivity contribution in [2.24, 2.45) is 5.92 Å². The zero-order valence-corrected chi connectivity index (χ0v) is 32.1. The van der Waals surface area contributed by atoms with Crippen LogP contribution in [0.2, 0.25) is 0 Å². The number of fused-ring (bicyclic) bond motifs is 1. The van der Waals surface area contributed by atoms with Gasteiger partial charge in [-0.15, -0.1) is 0 Å². The predicted molar refractivity (Wildman–Crippen MR) is 206 cm³/mol. The van der Waals surface area contributed by atoms with E-state index in [1.165, 1.54) is 0 Å². The van der Waals surface area contributed by atoms with Gasteiger partial charge in [-0.1, -0.05) is 54.6 Å². The first-order chi connectivity index (χ1) is 26.1. The van der Waals surface area contributed by atoms with Gasteiger partial charge in [0.05, 0.1) is 73.1 Å². The summed E-state index contributed by atoms with van der Waals surface area (Å²) in [5.41, 5.74) is 2.26. The molecule has 1 aliphatic heterocycles. The summed E-state index contributed by atoms with van der Waals surface area (Å²) in [6.45, 7) is 7.73. The fraction of sp³-hybridized carbons (Fsp3) is 0.465. The van der Waals surface area contributed by atoms with Crippen molar-refractivity contribution in [3.63, 3.8) is 0 Å². The largest absolute Gasteiger partial charge is 0.496 e. The van der Waals surface area contributed by atoms with Crippen LogP contribution in [0.1, 0.15) is 49.8 Å². The monoisotopic (exact) mass is 745 g/mol. The summed E-state index contributed by atoms with van der Waals surface area (Å²) in [6, 6.07) is 27.9. The van der Waals surface area contributed by atoms with Crippen molar-refractivity contribution >= 4 is 16.9 Å². The number of benzene rings is 4. The van der Waals surface area contributed by atoms with Gasteiger partial charge in [-0.2, -0.15) is 0 Å². The maximum atomic E-state index is 13.5. The van der Waals surface area contributed by atoms with Gasteiger partial charge in [0.25, 0.3) is 0 Å². The van der Waals surface area contributed by atoms with Crippen LogP contribution in [0, 0.1) is 5.92 Å². The number of methoxy groups -OCH3 is 2. The third-order valence-electron chi connectivity index (χ3n) is 9.25. The Morgan fingerprint density at radius 3 is 2.35 bits per heavy atom. The van der Waals surface area contributed by atoms with E-state index in [0.717, 1.165) is 44.7 Å². The Balaban J connectivity index is 1.32. The molecule has 2 N–H and O–H groups in total. The normalized spacial score (nSPS) is 18.0. The lowest BCUT2D eigenvalue weighted by molar-refractivity contribution is -0.0736. The third kappa shape index (κ3) is 11.6. The highest BCUT2D eigenvalue weighted by Gasteiger charge is 2.41. The molecule has 0 radical (unpaired) electrons. The van der Waals surface area contributed by atoms with Crippen LogP contribution in [0.4, 0.5) is 4.79 Å². The van der Waals surface area contributed by atoms with Crippen LogP contribution in [-0.4, -0.2) is 99.4 Å². The van der Waals surface area contributed by atoms with Crippen molar-refractivity contribution in [1.82, 2.24) is 4.90 Å².